The van der Waals surface area contributed by atoms with Gasteiger partial charge in [0, 0.05) is 12.0 Å². The molecule has 164 valence electrons. The maximum absolute atomic E-state index is 13.6. The number of hydrogen-bond acceptors (Lipinski definition) is 2. The van der Waals surface area contributed by atoms with Crippen LogP contribution in [0.4, 0.5) is 18.9 Å². The fourth-order valence-electron chi connectivity index (χ4n) is 3.86. The SMILES string of the molecule is CCCC(CCCC(=O)C(N)=Nc1ccccc1C)C1=C(C(F)(F)F)C[C@@H](C)C=C1. The van der Waals surface area contributed by atoms with Crippen molar-refractivity contribution in [1.82, 2.24) is 0 Å². The second-order valence-electron chi connectivity index (χ2n) is 8.06. The number of ketones is 1. The molecule has 2 rings (SSSR count). The molecule has 3 nitrogen and oxygen atoms in total. The van der Waals surface area contributed by atoms with Crippen molar-refractivity contribution in [3.63, 3.8) is 0 Å². The summed E-state index contributed by atoms with van der Waals surface area (Å²) in [5.74, 6) is -0.659. The summed E-state index contributed by atoms with van der Waals surface area (Å²) in [5.41, 5.74) is 7.40. The molecule has 0 amide bonds. The van der Waals surface area contributed by atoms with Crippen molar-refractivity contribution < 1.29 is 18.0 Å². The third-order valence-corrected chi connectivity index (χ3v) is 5.50. The summed E-state index contributed by atoms with van der Waals surface area (Å²) in [7, 11) is 0. The Morgan fingerprint density at radius 1 is 1.27 bits per heavy atom. The number of alkyl halides is 3. The van der Waals surface area contributed by atoms with E-state index in [4.69, 9.17) is 5.73 Å². The van der Waals surface area contributed by atoms with Crippen molar-refractivity contribution in [3.8, 4) is 0 Å². The first-order valence-corrected chi connectivity index (χ1v) is 10.5. The number of nitrogens with zero attached hydrogens (tertiary/aromatic N) is 1. The average molecular weight is 421 g/mol. The highest BCUT2D eigenvalue weighted by molar-refractivity contribution is 6.38. The van der Waals surface area contributed by atoms with Gasteiger partial charge in [-0.1, -0.05) is 50.6 Å². The Morgan fingerprint density at radius 2 is 1.97 bits per heavy atom. The number of carbonyl (C=O) groups excluding carboxylic acids is 1. The Balaban J connectivity index is 2.07. The quantitative estimate of drug-likeness (QED) is 0.362. The topological polar surface area (TPSA) is 55.5 Å². The minimum Gasteiger partial charge on any atom is -0.381 e. The Labute approximate surface area is 177 Å². The van der Waals surface area contributed by atoms with Crippen LogP contribution in [0.2, 0.25) is 0 Å². The number of para-hydroxylation sites is 1. The lowest BCUT2D eigenvalue weighted by molar-refractivity contribution is -0.113. The molecule has 2 N–H and O–H groups in total. The molecule has 6 heteroatoms. The minimum absolute atomic E-state index is 0.0184. The van der Waals surface area contributed by atoms with E-state index in [2.05, 4.69) is 4.99 Å². The van der Waals surface area contributed by atoms with Crippen LogP contribution in [0.15, 0.2) is 52.6 Å². The molecule has 0 radical (unpaired) electrons. The first-order valence-electron chi connectivity index (χ1n) is 10.5. The molecular weight excluding hydrogens is 389 g/mol. The molecule has 0 aliphatic heterocycles. The summed E-state index contributed by atoms with van der Waals surface area (Å²) in [5, 5.41) is 0. The van der Waals surface area contributed by atoms with Crippen LogP contribution in [0.25, 0.3) is 0 Å². The molecule has 2 atom stereocenters. The highest BCUT2D eigenvalue weighted by atomic mass is 19.4. The number of benzene rings is 1. The number of nitrogens with two attached hydrogens (primary N) is 1. The zero-order chi connectivity index (χ0) is 22.3. The zero-order valence-corrected chi connectivity index (χ0v) is 17.9. The minimum atomic E-state index is -4.32. The number of carbonyl (C=O) groups is 1. The standard InChI is InChI=1S/C24H31F3N2O/c1-4-8-18(19-14-13-16(2)15-20(19)24(25,26)27)10-7-12-22(30)23(28)29-21-11-6-5-9-17(21)3/h5-6,9,11,13-14,16,18H,4,7-8,10,12,15H2,1-3H3,(H2,28,29)/t16-,18?/m0/s1. The van der Waals surface area contributed by atoms with Crippen LogP contribution in [-0.2, 0) is 4.79 Å². The van der Waals surface area contributed by atoms with Crippen LogP contribution in [0.5, 0.6) is 0 Å². The third-order valence-electron chi connectivity index (χ3n) is 5.50. The second-order valence-corrected chi connectivity index (χ2v) is 8.06. The number of halogens is 3. The molecule has 1 unspecified atom stereocenters. The van der Waals surface area contributed by atoms with Crippen molar-refractivity contribution in [2.45, 2.75) is 65.5 Å². The maximum Gasteiger partial charge on any atom is 0.412 e. The fraction of sp³-hybridized carbons (Fsp3) is 0.500. The number of amidine groups is 1. The summed E-state index contributed by atoms with van der Waals surface area (Å²) in [4.78, 5) is 16.6. The molecule has 30 heavy (non-hydrogen) atoms. The lowest BCUT2D eigenvalue weighted by Gasteiger charge is -2.27. The molecule has 0 aromatic heterocycles. The summed E-state index contributed by atoms with van der Waals surface area (Å²) < 4.78 is 40.7. The Bertz CT molecular complexity index is 837. The van der Waals surface area contributed by atoms with Crippen LogP contribution in [0, 0.1) is 18.8 Å². The van der Waals surface area contributed by atoms with Gasteiger partial charge in [-0.3, -0.25) is 4.79 Å². The summed E-state index contributed by atoms with van der Waals surface area (Å²) in [6, 6.07) is 7.37. The van der Waals surface area contributed by atoms with Crippen LogP contribution in [0.3, 0.4) is 0 Å². The van der Waals surface area contributed by atoms with Gasteiger partial charge in [-0.2, -0.15) is 13.2 Å². The van der Waals surface area contributed by atoms with E-state index in [0.29, 0.717) is 30.5 Å². The molecule has 1 aliphatic rings. The van der Waals surface area contributed by atoms with Crippen molar-refractivity contribution >= 4 is 17.3 Å². The van der Waals surface area contributed by atoms with Gasteiger partial charge in [-0.15, -0.1) is 0 Å². The van der Waals surface area contributed by atoms with Crippen molar-refractivity contribution in [2.24, 2.45) is 22.6 Å². The third kappa shape index (κ3) is 6.57. The van der Waals surface area contributed by atoms with Gasteiger partial charge in [0.15, 0.2) is 11.6 Å². The molecule has 0 saturated heterocycles. The summed E-state index contributed by atoms with van der Waals surface area (Å²) >= 11 is 0. The van der Waals surface area contributed by atoms with Crippen molar-refractivity contribution in [1.29, 1.82) is 0 Å². The molecular formula is C24H31F3N2O. The Morgan fingerprint density at radius 3 is 2.60 bits per heavy atom. The zero-order valence-electron chi connectivity index (χ0n) is 17.9. The first kappa shape index (κ1) is 23.9. The molecule has 0 heterocycles. The Hall–Kier alpha value is -2.37. The van der Waals surface area contributed by atoms with Gasteiger partial charge in [0.1, 0.15) is 0 Å². The van der Waals surface area contributed by atoms with E-state index in [0.717, 1.165) is 12.0 Å². The average Bonchev–Trinajstić information content (AvgIpc) is 2.68. The molecule has 1 aromatic carbocycles. The van der Waals surface area contributed by atoms with Crippen LogP contribution < -0.4 is 5.73 Å². The number of Topliss-reactive ketones (excluding diaryl/α,β-unsaturated/α-hetero) is 1. The van der Waals surface area contributed by atoms with E-state index in [1.165, 1.54) is 0 Å². The van der Waals surface area contributed by atoms with E-state index in [1.807, 2.05) is 38.1 Å². The lowest BCUT2D eigenvalue weighted by Crippen LogP contribution is -2.24. The molecule has 1 aliphatic carbocycles. The normalized spacial score (nSPS) is 18.6. The second kappa shape index (κ2) is 10.6. The van der Waals surface area contributed by atoms with Gasteiger partial charge in [0.2, 0.25) is 0 Å². The van der Waals surface area contributed by atoms with Crippen LogP contribution in [-0.4, -0.2) is 17.8 Å². The number of rotatable bonds is 9. The van der Waals surface area contributed by atoms with Crippen LogP contribution in [0.1, 0.15) is 57.9 Å². The summed E-state index contributed by atoms with van der Waals surface area (Å²) in [6.45, 7) is 5.65. The largest absolute Gasteiger partial charge is 0.412 e. The van der Waals surface area contributed by atoms with E-state index < -0.39 is 11.7 Å². The maximum atomic E-state index is 13.6. The van der Waals surface area contributed by atoms with Gasteiger partial charge < -0.3 is 5.73 Å². The highest BCUT2D eigenvalue weighted by Crippen LogP contribution is 2.41. The van der Waals surface area contributed by atoms with Gasteiger partial charge in [0.25, 0.3) is 0 Å². The molecule has 0 spiro atoms. The van der Waals surface area contributed by atoms with E-state index in [-0.39, 0.29) is 36.3 Å². The number of aliphatic imine (C=N–C) groups is 1. The predicted molar refractivity (Wildman–Crippen MR) is 116 cm³/mol. The predicted octanol–water partition coefficient (Wildman–Crippen LogP) is 6.59. The molecule has 0 fully saturated rings. The van der Waals surface area contributed by atoms with Gasteiger partial charge in [-0.05, 0) is 61.6 Å². The van der Waals surface area contributed by atoms with Crippen LogP contribution >= 0.6 is 0 Å². The Kier molecular flexibility index (Phi) is 8.44. The molecule has 1 aromatic rings. The summed E-state index contributed by atoms with van der Waals surface area (Å²) in [6.07, 6.45) is 1.82. The number of aryl methyl sites for hydroxylation is 1. The van der Waals surface area contributed by atoms with Crippen molar-refractivity contribution in [3.05, 3.63) is 53.1 Å². The van der Waals surface area contributed by atoms with E-state index >= 15 is 0 Å². The van der Waals surface area contributed by atoms with E-state index in [9.17, 15) is 18.0 Å². The van der Waals surface area contributed by atoms with Gasteiger partial charge in [-0.25, -0.2) is 4.99 Å². The fourth-order valence-corrected chi connectivity index (χ4v) is 3.86. The molecule has 0 saturated carbocycles. The van der Waals surface area contributed by atoms with Gasteiger partial charge >= 0.3 is 6.18 Å². The number of allylic oxidation sites excluding steroid dienone is 4. The lowest BCUT2D eigenvalue weighted by atomic mass is 9.80. The number of hydrogen-bond donors (Lipinski definition) is 1. The molecule has 0 bridgehead atoms. The van der Waals surface area contributed by atoms with Crippen molar-refractivity contribution in [2.75, 3.05) is 0 Å². The first-order chi connectivity index (χ1) is 14.1. The highest BCUT2D eigenvalue weighted by Gasteiger charge is 2.38. The van der Waals surface area contributed by atoms with Gasteiger partial charge in [0.05, 0.1) is 5.69 Å². The van der Waals surface area contributed by atoms with E-state index in [1.54, 1.807) is 19.1 Å². The smallest absolute Gasteiger partial charge is 0.381 e. The monoisotopic (exact) mass is 420 g/mol.